The molecule has 9 nitrogen and oxygen atoms in total. The first-order valence-electron chi connectivity index (χ1n) is 12.6. The topological polar surface area (TPSA) is 97.4 Å². The van der Waals surface area contributed by atoms with Crippen LogP contribution in [0, 0.1) is 0 Å². The van der Waals surface area contributed by atoms with Crippen molar-refractivity contribution in [2.45, 2.75) is 39.2 Å². The third-order valence-corrected chi connectivity index (χ3v) is 6.35. The van der Waals surface area contributed by atoms with Crippen molar-refractivity contribution in [3.8, 4) is 17.2 Å². The van der Waals surface area contributed by atoms with Gasteiger partial charge in [0.2, 0.25) is 11.8 Å². The highest BCUT2D eigenvalue weighted by Crippen LogP contribution is 2.36. The van der Waals surface area contributed by atoms with Gasteiger partial charge in [-0.05, 0) is 75.1 Å². The largest absolute Gasteiger partial charge is 0.493 e. The fourth-order valence-electron chi connectivity index (χ4n) is 4.44. The fourth-order valence-corrected chi connectivity index (χ4v) is 4.44. The number of benzene rings is 2. The van der Waals surface area contributed by atoms with Gasteiger partial charge in [-0.3, -0.25) is 19.3 Å². The van der Waals surface area contributed by atoms with E-state index in [-0.39, 0.29) is 24.3 Å². The quantitative estimate of drug-likeness (QED) is 0.545. The van der Waals surface area contributed by atoms with Crippen molar-refractivity contribution in [3.05, 3.63) is 48.0 Å². The highest BCUT2D eigenvalue weighted by Gasteiger charge is 2.34. The lowest BCUT2D eigenvalue weighted by molar-refractivity contribution is -0.133. The number of nitrogens with one attached hydrogen (secondary N) is 1. The van der Waals surface area contributed by atoms with Gasteiger partial charge >= 0.3 is 0 Å². The number of piperidine rings is 1. The Hall–Kier alpha value is -4.01. The minimum Gasteiger partial charge on any atom is -0.493 e. The first kappa shape index (κ1) is 26.1. The molecule has 196 valence electrons. The third-order valence-electron chi connectivity index (χ3n) is 6.35. The first-order valence-corrected chi connectivity index (χ1v) is 12.6. The molecule has 37 heavy (non-hydrogen) atoms. The van der Waals surface area contributed by atoms with Crippen LogP contribution in [0.25, 0.3) is 6.08 Å². The molecule has 1 fully saturated rings. The number of amides is 3. The molecule has 1 atom stereocenters. The molecule has 1 unspecified atom stereocenters. The molecular weight excluding hydrogens is 474 g/mol. The van der Waals surface area contributed by atoms with Crippen molar-refractivity contribution in [2.75, 3.05) is 43.6 Å². The molecule has 2 aromatic rings. The van der Waals surface area contributed by atoms with Crippen LogP contribution >= 0.6 is 0 Å². The van der Waals surface area contributed by atoms with Gasteiger partial charge in [-0.1, -0.05) is 6.07 Å². The molecule has 9 heteroatoms. The molecule has 1 N–H and O–H groups in total. The zero-order valence-electron chi connectivity index (χ0n) is 21.5. The first-order chi connectivity index (χ1) is 17.9. The molecule has 4 rings (SSSR count). The van der Waals surface area contributed by atoms with Crippen LogP contribution in [0.3, 0.4) is 0 Å². The van der Waals surface area contributed by atoms with E-state index in [2.05, 4.69) is 5.32 Å². The zero-order valence-corrected chi connectivity index (χ0v) is 21.5. The molecule has 0 aromatic heterocycles. The zero-order chi connectivity index (χ0) is 26.4. The maximum absolute atomic E-state index is 12.9. The Morgan fingerprint density at radius 2 is 1.89 bits per heavy atom. The minimum atomic E-state index is -0.698. The summed E-state index contributed by atoms with van der Waals surface area (Å²) in [6, 6.07) is 10.5. The Morgan fingerprint density at radius 1 is 1.11 bits per heavy atom. The third kappa shape index (κ3) is 6.22. The summed E-state index contributed by atoms with van der Waals surface area (Å²) < 4.78 is 16.6. The summed E-state index contributed by atoms with van der Waals surface area (Å²) in [6.07, 6.45) is 5.45. The lowest BCUT2D eigenvalue weighted by Crippen LogP contribution is -2.50. The smallest absolute Gasteiger partial charge is 0.268 e. The maximum atomic E-state index is 12.9. The van der Waals surface area contributed by atoms with Gasteiger partial charge in [0.05, 0.1) is 19.4 Å². The van der Waals surface area contributed by atoms with E-state index in [4.69, 9.17) is 14.2 Å². The van der Waals surface area contributed by atoms with Gasteiger partial charge in [-0.2, -0.15) is 0 Å². The van der Waals surface area contributed by atoms with Crippen LogP contribution in [0.1, 0.15) is 38.7 Å². The van der Waals surface area contributed by atoms with E-state index >= 15 is 0 Å². The van der Waals surface area contributed by atoms with E-state index in [1.54, 1.807) is 50.4 Å². The summed E-state index contributed by atoms with van der Waals surface area (Å²) in [4.78, 5) is 41.7. The molecule has 2 aliphatic heterocycles. The predicted molar refractivity (Wildman–Crippen MR) is 141 cm³/mol. The summed E-state index contributed by atoms with van der Waals surface area (Å²) in [6.45, 7) is 5.45. The summed E-state index contributed by atoms with van der Waals surface area (Å²) in [5.41, 5.74) is 1.72. The molecule has 1 saturated heterocycles. The van der Waals surface area contributed by atoms with Gasteiger partial charge in [0, 0.05) is 24.9 Å². The van der Waals surface area contributed by atoms with E-state index < -0.39 is 6.10 Å². The van der Waals surface area contributed by atoms with Crippen molar-refractivity contribution in [1.82, 2.24) is 4.90 Å². The number of carbonyl (C=O) groups excluding carboxylic acids is 3. The van der Waals surface area contributed by atoms with Gasteiger partial charge in [0.1, 0.15) is 12.3 Å². The van der Waals surface area contributed by atoms with E-state index in [9.17, 15) is 14.4 Å². The van der Waals surface area contributed by atoms with Gasteiger partial charge in [0.15, 0.2) is 17.6 Å². The molecule has 3 amide bonds. The summed E-state index contributed by atoms with van der Waals surface area (Å²) in [7, 11) is 1.56. The van der Waals surface area contributed by atoms with Crippen LogP contribution in [0.4, 0.5) is 11.4 Å². The number of nitrogens with zero attached hydrogens (tertiary/aromatic N) is 2. The lowest BCUT2D eigenvalue weighted by atomic mass is 10.1. The molecule has 2 heterocycles. The number of hydrogen-bond acceptors (Lipinski definition) is 6. The van der Waals surface area contributed by atoms with E-state index in [0.717, 1.165) is 24.8 Å². The van der Waals surface area contributed by atoms with Crippen LogP contribution in [-0.2, 0) is 14.4 Å². The second-order valence-electron chi connectivity index (χ2n) is 8.97. The van der Waals surface area contributed by atoms with Gasteiger partial charge in [-0.15, -0.1) is 0 Å². The SMILES string of the molecule is CCOc1ccc(/C=C/C(=O)Nc2ccc3c(c2)N(CC(=O)N2CCCCC2)C(=O)C(C)O3)cc1OC. The fraction of sp³-hybridized carbons (Fsp3) is 0.393. The van der Waals surface area contributed by atoms with Gasteiger partial charge in [-0.25, -0.2) is 0 Å². The number of rotatable bonds is 8. The molecule has 0 radical (unpaired) electrons. The van der Waals surface area contributed by atoms with E-state index in [1.165, 1.54) is 11.0 Å². The Balaban J connectivity index is 1.47. The Labute approximate surface area is 217 Å². The Morgan fingerprint density at radius 3 is 2.62 bits per heavy atom. The standard InChI is InChI=1S/C28H33N3O6/c1-4-36-24-11-8-20(16-25(24)35-3)9-13-26(32)29-21-10-12-23-22(17-21)31(28(34)19(2)37-23)18-27(33)30-14-6-5-7-15-30/h8-13,16-17,19H,4-7,14-15,18H2,1-3H3,(H,29,32)/b13-9+. The second-order valence-corrected chi connectivity index (χ2v) is 8.97. The number of likely N-dealkylation sites (tertiary alicyclic amines) is 1. The maximum Gasteiger partial charge on any atom is 0.268 e. The summed E-state index contributed by atoms with van der Waals surface area (Å²) in [5.74, 6) is 0.989. The summed E-state index contributed by atoms with van der Waals surface area (Å²) >= 11 is 0. The normalized spacial score (nSPS) is 17.3. The van der Waals surface area contributed by atoms with Crippen LogP contribution in [-0.4, -0.2) is 62.1 Å². The lowest BCUT2D eigenvalue weighted by Gasteiger charge is -2.35. The average molecular weight is 508 g/mol. The number of ether oxygens (including phenoxy) is 3. The van der Waals surface area contributed by atoms with Crippen molar-refractivity contribution in [1.29, 1.82) is 0 Å². The highest BCUT2D eigenvalue weighted by atomic mass is 16.5. The Bertz CT molecular complexity index is 1190. The second kappa shape index (κ2) is 11.8. The number of methoxy groups -OCH3 is 1. The van der Waals surface area contributed by atoms with Gasteiger partial charge < -0.3 is 24.4 Å². The predicted octanol–water partition coefficient (Wildman–Crippen LogP) is 3.87. The summed E-state index contributed by atoms with van der Waals surface area (Å²) in [5, 5.41) is 2.82. The van der Waals surface area contributed by atoms with Crippen molar-refractivity contribution in [2.24, 2.45) is 0 Å². The Kier molecular flexibility index (Phi) is 8.32. The van der Waals surface area contributed by atoms with Crippen LogP contribution in [0.5, 0.6) is 17.2 Å². The minimum absolute atomic E-state index is 0.0591. The molecule has 2 aliphatic rings. The van der Waals surface area contributed by atoms with Crippen molar-refractivity contribution in [3.63, 3.8) is 0 Å². The highest BCUT2D eigenvalue weighted by molar-refractivity contribution is 6.06. The number of anilines is 2. The number of hydrogen-bond donors (Lipinski definition) is 1. The average Bonchev–Trinajstić information content (AvgIpc) is 2.91. The van der Waals surface area contributed by atoms with Gasteiger partial charge in [0.25, 0.3) is 5.91 Å². The molecule has 2 aromatic carbocycles. The van der Waals surface area contributed by atoms with Crippen LogP contribution < -0.4 is 24.4 Å². The van der Waals surface area contributed by atoms with Crippen LogP contribution in [0.15, 0.2) is 42.5 Å². The van der Waals surface area contributed by atoms with Crippen LogP contribution in [0.2, 0.25) is 0 Å². The molecule has 0 spiro atoms. The molecule has 0 saturated carbocycles. The van der Waals surface area contributed by atoms with Crippen molar-refractivity contribution >= 4 is 35.2 Å². The molecule has 0 bridgehead atoms. The monoisotopic (exact) mass is 507 g/mol. The number of fused-ring (bicyclic) bond motifs is 1. The van der Waals surface area contributed by atoms with E-state index in [0.29, 0.717) is 48.3 Å². The van der Waals surface area contributed by atoms with E-state index in [1.807, 2.05) is 17.9 Å². The molecular formula is C28H33N3O6. The molecule has 0 aliphatic carbocycles. The number of carbonyl (C=O) groups is 3. The van der Waals surface area contributed by atoms with Crippen molar-refractivity contribution < 1.29 is 28.6 Å².